The summed E-state index contributed by atoms with van der Waals surface area (Å²) in [5.74, 6) is 0.904. The van der Waals surface area contributed by atoms with Crippen LogP contribution in [-0.2, 0) is 12.8 Å². The lowest BCUT2D eigenvalue weighted by Gasteiger charge is -2.23. The number of hydrogen-bond donors (Lipinski definition) is 1. The number of carbonyl (C=O) groups is 1. The van der Waals surface area contributed by atoms with Crippen molar-refractivity contribution in [3.8, 4) is 0 Å². The van der Waals surface area contributed by atoms with Gasteiger partial charge in [0.25, 0.3) is 5.91 Å². The van der Waals surface area contributed by atoms with Gasteiger partial charge in [-0.1, -0.05) is 6.92 Å². The predicted octanol–water partition coefficient (Wildman–Crippen LogP) is 0.483. The number of aryl methyl sites for hydroxylation is 1. The van der Waals surface area contributed by atoms with E-state index in [0.717, 1.165) is 54.9 Å². The quantitative estimate of drug-likeness (QED) is 0.687. The van der Waals surface area contributed by atoms with E-state index in [-0.39, 0.29) is 5.91 Å². The highest BCUT2D eigenvalue weighted by Crippen LogP contribution is 2.38. The molecule has 4 heterocycles. The van der Waals surface area contributed by atoms with E-state index in [2.05, 4.69) is 27.3 Å². The Labute approximate surface area is 149 Å². The van der Waals surface area contributed by atoms with Gasteiger partial charge in [0.15, 0.2) is 5.65 Å². The lowest BCUT2D eigenvalue weighted by Crippen LogP contribution is -2.89. The molecule has 0 unspecified atom stereocenters. The first-order valence-corrected chi connectivity index (χ1v) is 9.79. The number of carbonyl (C=O) groups excluding carboxylic acids is 1. The summed E-state index contributed by atoms with van der Waals surface area (Å²) in [6.07, 6.45) is 5.11. The first-order valence-electron chi connectivity index (χ1n) is 8.97. The maximum atomic E-state index is 12.7. The third-order valence-corrected chi connectivity index (χ3v) is 6.51. The van der Waals surface area contributed by atoms with Crippen molar-refractivity contribution in [2.75, 3.05) is 26.2 Å². The molecule has 1 atom stereocenters. The van der Waals surface area contributed by atoms with Gasteiger partial charge in [-0.05, 0) is 30.7 Å². The van der Waals surface area contributed by atoms with Crippen molar-refractivity contribution in [2.45, 2.75) is 26.2 Å². The van der Waals surface area contributed by atoms with Crippen LogP contribution in [0.5, 0.6) is 0 Å². The fourth-order valence-electron chi connectivity index (χ4n) is 3.93. The number of rotatable bonds is 1. The molecule has 1 aliphatic heterocycles. The van der Waals surface area contributed by atoms with Crippen LogP contribution in [0.1, 0.15) is 34.4 Å². The van der Waals surface area contributed by atoms with Gasteiger partial charge in [0.1, 0.15) is 11.2 Å². The van der Waals surface area contributed by atoms with Crippen LogP contribution in [0.25, 0.3) is 15.9 Å². The van der Waals surface area contributed by atoms with Crippen molar-refractivity contribution in [3.63, 3.8) is 0 Å². The lowest BCUT2D eigenvalue weighted by molar-refractivity contribution is -0.661. The molecule has 0 saturated carbocycles. The van der Waals surface area contributed by atoms with Crippen LogP contribution in [0, 0.1) is 5.92 Å². The summed E-state index contributed by atoms with van der Waals surface area (Å²) in [5, 5.41) is 7.77. The molecule has 1 saturated heterocycles. The number of nitrogens with zero attached hydrogens (tertiary/aromatic N) is 5. The van der Waals surface area contributed by atoms with Crippen LogP contribution in [0.3, 0.4) is 0 Å². The van der Waals surface area contributed by atoms with Gasteiger partial charge < -0.3 is 10.2 Å². The Morgan fingerprint density at radius 1 is 1.36 bits per heavy atom. The monoisotopic (exact) mass is 357 g/mol. The molecule has 1 aliphatic carbocycles. The lowest BCUT2D eigenvalue weighted by atomic mass is 9.89. The summed E-state index contributed by atoms with van der Waals surface area (Å²) in [6, 6.07) is 0. The summed E-state index contributed by atoms with van der Waals surface area (Å²) in [7, 11) is 0. The van der Waals surface area contributed by atoms with Crippen molar-refractivity contribution in [1.82, 2.24) is 24.5 Å². The Bertz CT molecular complexity index is 970. The second-order valence-electron chi connectivity index (χ2n) is 7.14. The number of hydrogen-bond acceptors (Lipinski definition) is 5. The maximum Gasteiger partial charge on any atom is 0.293 e. The minimum atomic E-state index is -0.0672. The molecule has 1 amide bonds. The second-order valence-corrected chi connectivity index (χ2v) is 8.22. The number of nitrogens with two attached hydrogens (primary N) is 1. The predicted molar refractivity (Wildman–Crippen MR) is 94.9 cm³/mol. The Balaban J connectivity index is 1.63. The number of quaternary nitrogens is 1. The van der Waals surface area contributed by atoms with Gasteiger partial charge in [0, 0.05) is 4.88 Å². The number of thiophene rings is 1. The number of aromatic nitrogens is 4. The maximum absolute atomic E-state index is 12.7. The van der Waals surface area contributed by atoms with Crippen molar-refractivity contribution in [2.24, 2.45) is 5.92 Å². The minimum absolute atomic E-state index is 0.0672. The molecule has 7 nitrogen and oxygen atoms in total. The van der Waals surface area contributed by atoms with Gasteiger partial charge in [0.05, 0.1) is 31.6 Å². The van der Waals surface area contributed by atoms with Gasteiger partial charge in [-0.3, -0.25) is 4.79 Å². The number of amides is 1. The van der Waals surface area contributed by atoms with E-state index in [9.17, 15) is 4.79 Å². The van der Waals surface area contributed by atoms with Gasteiger partial charge in [-0.15, -0.1) is 16.4 Å². The molecule has 2 aliphatic rings. The first-order chi connectivity index (χ1) is 12.2. The van der Waals surface area contributed by atoms with E-state index in [1.54, 1.807) is 22.2 Å². The van der Waals surface area contributed by atoms with E-state index in [1.165, 1.54) is 16.9 Å². The molecule has 0 aromatic carbocycles. The SMILES string of the molecule is C[C@@H]1CCc2sc3ncn4nc(C(=O)N5CC[NH2+]CC5)nc4c3c2C1. The van der Waals surface area contributed by atoms with Crippen molar-refractivity contribution >= 4 is 33.1 Å². The zero-order valence-electron chi connectivity index (χ0n) is 14.2. The Kier molecular flexibility index (Phi) is 3.49. The van der Waals surface area contributed by atoms with E-state index in [0.29, 0.717) is 11.7 Å². The highest BCUT2D eigenvalue weighted by Gasteiger charge is 2.27. The fourth-order valence-corrected chi connectivity index (χ4v) is 5.11. The molecule has 130 valence electrons. The zero-order chi connectivity index (χ0) is 17.0. The third kappa shape index (κ3) is 2.43. The van der Waals surface area contributed by atoms with Crippen LogP contribution in [0.2, 0.25) is 0 Å². The topological polar surface area (TPSA) is 80.0 Å². The van der Waals surface area contributed by atoms with Gasteiger partial charge >= 0.3 is 0 Å². The van der Waals surface area contributed by atoms with Crippen molar-refractivity contribution in [1.29, 1.82) is 0 Å². The van der Waals surface area contributed by atoms with E-state index in [1.807, 2.05) is 4.90 Å². The van der Waals surface area contributed by atoms with E-state index >= 15 is 0 Å². The second kappa shape index (κ2) is 5.74. The summed E-state index contributed by atoms with van der Waals surface area (Å²) in [6.45, 7) is 5.70. The fraction of sp³-hybridized carbons (Fsp3) is 0.529. The molecule has 0 radical (unpaired) electrons. The molecule has 1 fully saturated rings. The highest BCUT2D eigenvalue weighted by atomic mass is 32.1. The van der Waals surface area contributed by atoms with Gasteiger partial charge in [-0.25, -0.2) is 14.5 Å². The third-order valence-electron chi connectivity index (χ3n) is 5.31. The normalized spacial score (nSPS) is 21.0. The van der Waals surface area contributed by atoms with Gasteiger partial charge in [-0.2, -0.15) is 0 Å². The van der Waals surface area contributed by atoms with Crippen LogP contribution < -0.4 is 5.32 Å². The van der Waals surface area contributed by atoms with E-state index < -0.39 is 0 Å². The largest absolute Gasteiger partial charge is 0.343 e. The average Bonchev–Trinajstić information content (AvgIpc) is 3.22. The van der Waals surface area contributed by atoms with Crippen molar-refractivity contribution < 1.29 is 10.1 Å². The standard InChI is InChI=1S/C17H20N6OS/c1-10-2-3-12-11(8-10)13-15-20-14(17(24)22-6-4-18-5-7-22)21-23(15)9-19-16(13)25-12/h9-10,18H,2-8H2,1H3/p+1/t10-/m1/s1. The van der Waals surface area contributed by atoms with E-state index in [4.69, 9.17) is 0 Å². The smallest absolute Gasteiger partial charge is 0.293 e. The Hall–Kier alpha value is -2.06. The number of piperazine rings is 1. The molecule has 8 heteroatoms. The first kappa shape index (κ1) is 15.2. The molecule has 25 heavy (non-hydrogen) atoms. The average molecular weight is 357 g/mol. The molecule has 0 bridgehead atoms. The van der Waals surface area contributed by atoms with Crippen LogP contribution >= 0.6 is 11.3 Å². The molecular formula is C17H21N6OS+. The summed E-state index contributed by atoms with van der Waals surface area (Å²) in [4.78, 5) is 26.3. The zero-order valence-corrected chi connectivity index (χ0v) is 15.1. The summed E-state index contributed by atoms with van der Waals surface area (Å²) in [5.41, 5.74) is 2.15. The Morgan fingerprint density at radius 2 is 2.20 bits per heavy atom. The summed E-state index contributed by atoms with van der Waals surface area (Å²) >= 11 is 1.77. The molecule has 0 spiro atoms. The summed E-state index contributed by atoms with van der Waals surface area (Å²) < 4.78 is 1.68. The van der Waals surface area contributed by atoms with Crippen LogP contribution in [-0.4, -0.2) is 56.6 Å². The number of fused-ring (bicyclic) bond motifs is 5. The molecule has 3 aromatic rings. The van der Waals surface area contributed by atoms with Crippen LogP contribution in [0.15, 0.2) is 6.33 Å². The molecule has 5 rings (SSSR count). The molecule has 2 N–H and O–H groups in total. The van der Waals surface area contributed by atoms with Crippen LogP contribution in [0.4, 0.5) is 0 Å². The van der Waals surface area contributed by atoms with Gasteiger partial charge in [0.2, 0.25) is 5.82 Å². The minimum Gasteiger partial charge on any atom is -0.343 e. The van der Waals surface area contributed by atoms with Crippen molar-refractivity contribution in [3.05, 3.63) is 22.6 Å². The molecule has 3 aromatic heterocycles. The molecular weight excluding hydrogens is 336 g/mol. The Morgan fingerprint density at radius 3 is 3.04 bits per heavy atom. The highest BCUT2D eigenvalue weighted by molar-refractivity contribution is 7.19.